The molecule has 0 aliphatic carbocycles. The third kappa shape index (κ3) is 3.17. The first kappa shape index (κ1) is 15.9. The summed E-state index contributed by atoms with van der Waals surface area (Å²) in [5, 5.41) is 2.77. The van der Waals surface area contributed by atoms with E-state index in [1.807, 2.05) is 0 Å². The summed E-state index contributed by atoms with van der Waals surface area (Å²) in [5.41, 5.74) is 0.592. The molecule has 0 bridgehead atoms. The van der Waals surface area contributed by atoms with Gasteiger partial charge in [-0.05, 0) is 30.3 Å². The Morgan fingerprint density at radius 1 is 1.12 bits per heavy atom. The average Bonchev–Trinajstić information content (AvgIpc) is 3.00. The molecule has 122 valence electrons. The molecule has 3 rings (SSSR count). The van der Waals surface area contributed by atoms with E-state index in [-0.39, 0.29) is 5.56 Å². The standard InChI is InChI=1S/C18H15F2N3O/c1-23-11-10-21-17(23)16(14-4-2-3-5-15(14)20)22-18(24)12-6-8-13(19)9-7-12/h2-11,16H,1H3,(H,22,24). The van der Waals surface area contributed by atoms with Gasteiger partial charge >= 0.3 is 0 Å². The van der Waals surface area contributed by atoms with Gasteiger partial charge in [0.2, 0.25) is 0 Å². The number of carbonyl (C=O) groups is 1. The molecule has 0 aliphatic heterocycles. The molecule has 0 saturated carbocycles. The molecule has 1 amide bonds. The molecule has 0 radical (unpaired) electrons. The van der Waals surface area contributed by atoms with E-state index >= 15 is 0 Å². The molecule has 3 aromatic rings. The van der Waals surface area contributed by atoms with Gasteiger partial charge in [-0.2, -0.15) is 0 Å². The van der Waals surface area contributed by atoms with Crippen LogP contribution in [0.25, 0.3) is 0 Å². The van der Waals surface area contributed by atoms with Gasteiger partial charge in [0.05, 0.1) is 0 Å². The Morgan fingerprint density at radius 3 is 2.46 bits per heavy atom. The Labute approximate surface area is 137 Å². The largest absolute Gasteiger partial charge is 0.338 e. The minimum atomic E-state index is -0.760. The first-order valence-corrected chi connectivity index (χ1v) is 7.34. The van der Waals surface area contributed by atoms with Crippen molar-refractivity contribution in [2.75, 3.05) is 0 Å². The van der Waals surface area contributed by atoms with Crippen molar-refractivity contribution in [2.24, 2.45) is 7.05 Å². The van der Waals surface area contributed by atoms with Crippen LogP contribution in [0, 0.1) is 11.6 Å². The quantitative estimate of drug-likeness (QED) is 0.800. The average molecular weight is 327 g/mol. The monoisotopic (exact) mass is 327 g/mol. The van der Waals surface area contributed by atoms with Crippen molar-refractivity contribution < 1.29 is 13.6 Å². The first-order valence-electron chi connectivity index (χ1n) is 7.34. The fraction of sp³-hybridized carbons (Fsp3) is 0.111. The van der Waals surface area contributed by atoms with Crippen LogP contribution in [0.5, 0.6) is 0 Å². The summed E-state index contributed by atoms with van der Waals surface area (Å²) in [7, 11) is 1.76. The summed E-state index contributed by atoms with van der Waals surface area (Å²) in [4.78, 5) is 16.7. The fourth-order valence-electron chi connectivity index (χ4n) is 2.46. The van der Waals surface area contributed by atoms with Crippen LogP contribution >= 0.6 is 0 Å². The van der Waals surface area contributed by atoms with Crippen LogP contribution in [-0.4, -0.2) is 15.5 Å². The molecule has 1 unspecified atom stereocenters. The molecule has 0 saturated heterocycles. The number of amides is 1. The van der Waals surface area contributed by atoms with Gasteiger partial charge in [0.15, 0.2) is 0 Å². The Morgan fingerprint density at radius 2 is 1.83 bits per heavy atom. The minimum absolute atomic E-state index is 0.284. The lowest BCUT2D eigenvalue weighted by atomic mass is 10.0. The lowest BCUT2D eigenvalue weighted by molar-refractivity contribution is 0.0940. The first-order chi connectivity index (χ1) is 11.6. The highest BCUT2D eigenvalue weighted by atomic mass is 19.1. The summed E-state index contributed by atoms with van der Waals surface area (Å²) in [6, 6.07) is 10.6. The summed E-state index contributed by atoms with van der Waals surface area (Å²) in [5.74, 6) is -0.812. The highest BCUT2D eigenvalue weighted by Gasteiger charge is 2.24. The molecular formula is C18H15F2N3O. The molecule has 1 aromatic heterocycles. The molecule has 0 aliphatic rings. The van der Waals surface area contributed by atoms with Gasteiger partial charge in [-0.1, -0.05) is 18.2 Å². The zero-order valence-corrected chi connectivity index (χ0v) is 12.9. The van der Waals surface area contributed by atoms with Crippen molar-refractivity contribution in [1.82, 2.24) is 14.9 Å². The molecule has 0 spiro atoms. The van der Waals surface area contributed by atoms with Gasteiger partial charge < -0.3 is 9.88 Å². The second kappa shape index (κ2) is 6.62. The van der Waals surface area contributed by atoms with Crippen molar-refractivity contribution in [3.8, 4) is 0 Å². The number of nitrogens with zero attached hydrogens (tertiary/aromatic N) is 2. The van der Waals surface area contributed by atoms with Gasteiger partial charge in [-0.25, -0.2) is 13.8 Å². The van der Waals surface area contributed by atoms with Crippen molar-refractivity contribution in [2.45, 2.75) is 6.04 Å². The smallest absolute Gasteiger partial charge is 0.252 e. The maximum absolute atomic E-state index is 14.2. The maximum atomic E-state index is 14.2. The van der Waals surface area contributed by atoms with Crippen molar-refractivity contribution in [1.29, 1.82) is 0 Å². The molecule has 1 N–H and O–H groups in total. The van der Waals surface area contributed by atoms with E-state index in [1.165, 1.54) is 30.3 Å². The third-order valence-corrected chi connectivity index (χ3v) is 3.71. The van der Waals surface area contributed by atoms with E-state index in [1.54, 1.807) is 42.2 Å². The van der Waals surface area contributed by atoms with Crippen LogP contribution in [0.15, 0.2) is 60.9 Å². The summed E-state index contributed by atoms with van der Waals surface area (Å²) < 4.78 is 29.0. The van der Waals surface area contributed by atoms with Gasteiger partial charge in [0, 0.05) is 30.6 Å². The summed E-state index contributed by atoms with van der Waals surface area (Å²) >= 11 is 0. The zero-order valence-electron chi connectivity index (χ0n) is 12.9. The van der Waals surface area contributed by atoms with E-state index in [2.05, 4.69) is 10.3 Å². The van der Waals surface area contributed by atoms with Crippen LogP contribution in [-0.2, 0) is 7.05 Å². The lowest BCUT2D eigenvalue weighted by Crippen LogP contribution is -2.31. The number of imidazole rings is 1. The molecule has 1 heterocycles. The number of benzene rings is 2. The normalized spacial score (nSPS) is 12.0. The van der Waals surface area contributed by atoms with E-state index in [0.29, 0.717) is 11.4 Å². The Kier molecular flexibility index (Phi) is 4.37. The van der Waals surface area contributed by atoms with Gasteiger partial charge in [-0.3, -0.25) is 4.79 Å². The SMILES string of the molecule is Cn1ccnc1C(NC(=O)c1ccc(F)cc1)c1ccccc1F. The maximum Gasteiger partial charge on any atom is 0.252 e. The van der Waals surface area contributed by atoms with Crippen LogP contribution in [0.2, 0.25) is 0 Å². The number of nitrogens with one attached hydrogen (secondary N) is 1. The Balaban J connectivity index is 1.97. The number of carbonyl (C=O) groups excluding carboxylic acids is 1. The van der Waals surface area contributed by atoms with Gasteiger partial charge in [0.1, 0.15) is 23.5 Å². The van der Waals surface area contributed by atoms with Gasteiger partial charge in [-0.15, -0.1) is 0 Å². The summed E-state index contributed by atoms with van der Waals surface area (Å²) in [6.07, 6.45) is 3.29. The number of hydrogen-bond acceptors (Lipinski definition) is 2. The fourth-order valence-corrected chi connectivity index (χ4v) is 2.46. The number of rotatable bonds is 4. The molecular weight excluding hydrogens is 312 g/mol. The predicted molar refractivity (Wildman–Crippen MR) is 85.3 cm³/mol. The van der Waals surface area contributed by atoms with Crippen molar-refractivity contribution >= 4 is 5.91 Å². The van der Waals surface area contributed by atoms with Crippen molar-refractivity contribution in [3.63, 3.8) is 0 Å². The summed E-state index contributed by atoms with van der Waals surface area (Å²) in [6.45, 7) is 0. The topological polar surface area (TPSA) is 46.9 Å². The lowest BCUT2D eigenvalue weighted by Gasteiger charge is -2.19. The number of aryl methyl sites for hydroxylation is 1. The van der Waals surface area contributed by atoms with E-state index in [9.17, 15) is 13.6 Å². The van der Waals surface area contributed by atoms with E-state index < -0.39 is 23.6 Å². The highest BCUT2D eigenvalue weighted by molar-refractivity contribution is 5.94. The molecule has 0 fully saturated rings. The predicted octanol–water partition coefficient (Wildman–Crippen LogP) is 3.22. The highest BCUT2D eigenvalue weighted by Crippen LogP contribution is 2.23. The van der Waals surface area contributed by atoms with E-state index in [4.69, 9.17) is 0 Å². The third-order valence-electron chi connectivity index (χ3n) is 3.71. The number of hydrogen-bond donors (Lipinski definition) is 1. The molecule has 6 heteroatoms. The molecule has 2 aromatic carbocycles. The number of halogens is 2. The minimum Gasteiger partial charge on any atom is -0.338 e. The van der Waals surface area contributed by atoms with Gasteiger partial charge in [0.25, 0.3) is 5.91 Å². The van der Waals surface area contributed by atoms with Crippen LogP contribution < -0.4 is 5.32 Å². The second-order valence-electron chi connectivity index (χ2n) is 5.33. The number of aromatic nitrogens is 2. The van der Waals surface area contributed by atoms with Crippen molar-refractivity contribution in [3.05, 3.63) is 89.5 Å². The Bertz CT molecular complexity index is 859. The molecule has 4 nitrogen and oxygen atoms in total. The van der Waals surface area contributed by atoms with Crippen LogP contribution in [0.4, 0.5) is 8.78 Å². The van der Waals surface area contributed by atoms with Crippen LogP contribution in [0.3, 0.4) is 0 Å². The Hall–Kier alpha value is -3.02. The zero-order chi connectivity index (χ0) is 17.1. The second-order valence-corrected chi connectivity index (χ2v) is 5.33. The molecule has 1 atom stereocenters. The van der Waals surface area contributed by atoms with E-state index in [0.717, 1.165) is 0 Å². The molecule has 24 heavy (non-hydrogen) atoms. The van der Waals surface area contributed by atoms with Crippen LogP contribution in [0.1, 0.15) is 27.8 Å².